The Morgan fingerprint density at radius 2 is 2.04 bits per heavy atom. The third kappa shape index (κ3) is 4.28. The number of aryl methyl sites for hydroxylation is 2. The molecule has 0 fully saturated rings. The van der Waals surface area contributed by atoms with E-state index < -0.39 is 5.82 Å². The summed E-state index contributed by atoms with van der Waals surface area (Å²) in [4.78, 5) is 27.1. The second-order valence-electron chi connectivity index (χ2n) is 6.21. The van der Waals surface area contributed by atoms with Gasteiger partial charge in [-0.15, -0.1) is 0 Å². The van der Waals surface area contributed by atoms with Crippen LogP contribution in [0.3, 0.4) is 0 Å². The normalized spacial score (nSPS) is 10.8. The summed E-state index contributed by atoms with van der Waals surface area (Å²) >= 11 is 6.06. The van der Waals surface area contributed by atoms with Gasteiger partial charge < -0.3 is 15.0 Å². The fourth-order valence-electron chi connectivity index (χ4n) is 2.79. The van der Waals surface area contributed by atoms with Gasteiger partial charge in [0.15, 0.2) is 0 Å². The van der Waals surface area contributed by atoms with Gasteiger partial charge in [-0.3, -0.25) is 9.59 Å². The molecule has 1 aromatic heterocycles. The van der Waals surface area contributed by atoms with Crippen molar-refractivity contribution < 1.29 is 13.9 Å². The van der Waals surface area contributed by atoms with Crippen LogP contribution in [0.25, 0.3) is 10.9 Å². The van der Waals surface area contributed by atoms with Gasteiger partial charge in [-0.2, -0.15) is 0 Å². The molecule has 2 aromatic carbocycles. The van der Waals surface area contributed by atoms with Crippen molar-refractivity contribution in [1.29, 1.82) is 0 Å². The first-order valence-electron chi connectivity index (χ1n) is 8.33. The van der Waals surface area contributed by atoms with E-state index in [1.165, 1.54) is 19.2 Å². The lowest BCUT2D eigenvalue weighted by molar-refractivity contribution is -0.116. The highest BCUT2D eigenvalue weighted by Gasteiger charge is 2.12. The number of nitrogens with one attached hydrogen (secondary N) is 2. The smallest absolute Gasteiger partial charge is 0.251 e. The van der Waals surface area contributed by atoms with E-state index in [-0.39, 0.29) is 24.3 Å². The van der Waals surface area contributed by atoms with E-state index in [0.717, 1.165) is 5.56 Å². The lowest BCUT2D eigenvalue weighted by atomic mass is 10.1. The number of pyridine rings is 1. The van der Waals surface area contributed by atoms with Gasteiger partial charge in [0, 0.05) is 23.1 Å². The molecule has 1 heterocycles. The predicted octanol–water partition coefficient (Wildman–Crippen LogP) is 4.21. The first kappa shape index (κ1) is 18.9. The van der Waals surface area contributed by atoms with Crippen molar-refractivity contribution in [3.8, 4) is 5.75 Å². The summed E-state index contributed by atoms with van der Waals surface area (Å²) in [6.45, 7) is 1.83. The summed E-state index contributed by atoms with van der Waals surface area (Å²) in [6.07, 6.45) is 0.365. The molecule has 0 aliphatic carbocycles. The van der Waals surface area contributed by atoms with E-state index in [0.29, 0.717) is 32.9 Å². The standard InChI is InChI=1S/C20H18ClFN2O3/c1-11-7-17(18(27-2)10-15(11)21)23-19(25)6-4-13-8-12-3-5-14(22)9-16(12)24-20(13)26/h3,5,7-10H,4,6H2,1-2H3,(H,23,25)(H,24,26). The van der Waals surface area contributed by atoms with Crippen LogP contribution in [0.4, 0.5) is 10.1 Å². The van der Waals surface area contributed by atoms with Crippen molar-refractivity contribution in [1.82, 2.24) is 4.98 Å². The predicted molar refractivity (Wildman–Crippen MR) is 104 cm³/mol. The molecule has 5 nitrogen and oxygen atoms in total. The summed E-state index contributed by atoms with van der Waals surface area (Å²) in [5.41, 5.74) is 1.89. The summed E-state index contributed by atoms with van der Waals surface area (Å²) in [5, 5.41) is 4.03. The molecule has 0 saturated heterocycles. The largest absolute Gasteiger partial charge is 0.495 e. The summed E-state index contributed by atoms with van der Waals surface area (Å²) in [7, 11) is 1.49. The first-order valence-corrected chi connectivity index (χ1v) is 8.70. The molecule has 3 rings (SSSR count). The first-order chi connectivity index (χ1) is 12.9. The monoisotopic (exact) mass is 388 g/mol. The Morgan fingerprint density at radius 1 is 1.26 bits per heavy atom. The number of benzene rings is 2. The van der Waals surface area contributed by atoms with Gasteiger partial charge in [-0.1, -0.05) is 11.6 Å². The van der Waals surface area contributed by atoms with Gasteiger partial charge in [-0.05, 0) is 54.6 Å². The van der Waals surface area contributed by atoms with Crippen LogP contribution in [0.15, 0.2) is 41.2 Å². The molecule has 140 valence electrons. The number of carbonyl (C=O) groups is 1. The number of aromatic nitrogens is 1. The number of H-pyrrole nitrogens is 1. The van der Waals surface area contributed by atoms with E-state index in [9.17, 15) is 14.0 Å². The second kappa shape index (κ2) is 7.80. The maximum absolute atomic E-state index is 13.3. The Kier molecular flexibility index (Phi) is 5.46. The fourth-order valence-corrected chi connectivity index (χ4v) is 2.95. The minimum atomic E-state index is -0.419. The third-order valence-electron chi connectivity index (χ3n) is 4.26. The molecule has 0 unspecified atom stereocenters. The maximum Gasteiger partial charge on any atom is 0.251 e. The highest BCUT2D eigenvalue weighted by molar-refractivity contribution is 6.31. The minimum Gasteiger partial charge on any atom is -0.495 e. The van der Waals surface area contributed by atoms with Crippen molar-refractivity contribution in [2.24, 2.45) is 0 Å². The van der Waals surface area contributed by atoms with Gasteiger partial charge >= 0.3 is 0 Å². The van der Waals surface area contributed by atoms with Crippen molar-refractivity contribution in [3.63, 3.8) is 0 Å². The zero-order chi connectivity index (χ0) is 19.6. The summed E-state index contributed by atoms with van der Waals surface area (Å²) in [5.74, 6) is -0.212. The van der Waals surface area contributed by atoms with Crippen LogP contribution in [0.2, 0.25) is 5.02 Å². The molecule has 0 radical (unpaired) electrons. The van der Waals surface area contributed by atoms with Crippen LogP contribution in [0, 0.1) is 12.7 Å². The Morgan fingerprint density at radius 3 is 2.78 bits per heavy atom. The average molecular weight is 389 g/mol. The number of aromatic amines is 1. The Bertz CT molecular complexity index is 1080. The number of amides is 1. The minimum absolute atomic E-state index is 0.112. The molecule has 0 spiro atoms. The number of rotatable bonds is 5. The molecule has 0 saturated carbocycles. The van der Waals surface area contributed by atoms with E-state index in [1.54, 1.807) is 24.3 Å². The number of fused-ring (bicyclic) bond motifs is 1. The van der Waals surface area contributed by atoms with E-state index in [2.05, 4.69) is 10.3 Å². The fraction of sp³-hybridized carbons (Fsp3) is 0.200. The van der Waals surface area contributed by atoms with Gasteiger partial charge in [0.05, 0.1) is 18.3 Å². The molecule has 3 aromatic rings. The number of halogens is 2. The highest BCUT2D eigenvalue weighted by Crippen LogP contribution is 2.31. The van der Waals surface area contributed by atoms with E-state index >= 15 is 0 Å². The van der Waals surface area contributed by atoms with Crippen molar-refractivity contribution >= 4 is 34.1 Å². The Hall–Kier alpha value is -2.86. The SMILES string of the molecule is COc1cc(Cl)c(C)cc1NC(=O)CCc1cc2ccc(F)cc2[nH]c1=O. The van der Waals surface area contributed by atoms with Crippen molar-refractivity contribution in [2.75, 3.05) is 12.4 Å². The second-order valence-corrected chi connectivity index (χ2v) is 6.61. The van der Waals surface area contributed by atoms with E-state index in [1.807, 2.05) is 6.92 Å². The molecule has 0 aliphatic rings. The molecular formula is C20H18ClFN2O3. The zero-order valence-electron chi connectivity index (χ0n) is 14.9. The molecule has 2 N–H and O–H groups in total. The molecule has 0 aliphatic heterocycles. The summed E-state index contributed by atoms with van der Waals surface area (Å²) < 4.78 is 18.5. The number of anilines is 1. The Labute approximate surface area is 160 Å². The van der Waals surface area contributed by atoms with Gasteiger partial charge in [0.2, 0.25) is 5.91 Å². The summed E-state index contributed by atoms with van der Waals surface area (Å²) in [6, 6.07) is 9.23. The Balaban J connectivity index is 1.74. The van der Waals surface area contributed by atoms with Crippen LogP contribution in [-0.2, 0) is 11.2 Å². The van der Waals surface area contributed by atoms with Crippen LogP contribution < -0.4 is 15.6 Å². The average Bonchev–Trinajstić information content (AvgIpc) is 2.62. The molecule has 27 heavy (non-hydrogen) atoms. The van der Waals surface area contributed by atoms with Crippen LogP contribution in [0.5, 0.6) is 5.75 Å². The van der Waals surface area contributed by atoms with Crippen molar-refractivity contribution in [3.05, 3.63) is 68.7 Å². The van der Waals surface area contributed by atoms with E-state index in [4.69, 9.17) is 16.3 Å². The topological polar surface area (TPSA) is 71.2 Å². The molecular weight excluding hydrogens is 371 g/mol. The van der Waals surface area contributed by atoms with Gasteiger partial charge in [0.1, 0.15) is 11.6 Å². The number of ether oxygens (including phenoxy) is 1. The lowest BCUT2D eigenvalue weighted by Gasteiger charge is -2.12. The number of carbonyl (C=O) groups excluding carboxylic acids is 1. The number of methoxy groups -OCH3 is 1. The van der Waals surface area contributed by atoms with Gasteiger partial charge in [-0.25, -0.2) is 4.39 Å². The van der Waals surface area contributed by atoms with Crippen LogP contribution in [-0.4, -0.2) is 18.0 Å². The van der Waals surface area contributed by atoms with Crippen LogP contribution >= 0.6 is 11.6 Å². The zero-order valence-corrected chi connectivity index (χ0v) is 15.6. The number of hydrogen-bond donors (Lipinski definition) is 2. The number of hydrogen-bond acceptors (Lipinski definition) is 3. The molecule has 0 bridgehead atoms. The van der Waals surface area contributed by atoms with Crippen LogP contribution in [0.1, 0.15) is 17.5 Å². The maximum atomic E-state index is 13.3. The van der Waals surface area contributed by atoms with Crippen molar-refractivity contribution in [2.45, 2.75) is 19.8 Å². The lowest BCUT2D eigenvalue weighted by Crippen LogP contribution is -2.17. The third-order valence-corrected chi connectivity index (χ3v) is 4.67. The molecule has 7 heteroatoms. The molecule has 0 atom stereocenters. The van der Waals surface area contributed by atoms with Gasteiger partial charge in [0.25, 0.3) is 5.56 Å². The molecule has 1 amide bonds. The highest BCUT2D eigenvalue weighted by atomic mass is 35.5. The quantitative estimate of drug-likeness (QED) is 0.687.